The number of benzene rings is 1. The summed E-state index contributed by atoms with van der Waals surface area (Å²) < 4.78 is 0. The van der Waals surface area contributed by atoms with Crippen LogP contribution in [-0.4, -0.2) is 11.0 Å². The van der Waals surface area contributed by atoms with Crippen molar-refractivity contribution in [1.29, 1.82) is 0 Å². The molecule has 2 rings (SSSR count). The average Bonchev–Trinajstić information content (AvgIpc) is 2.78. The summed E-state index contributed by atoms with van der Waals surface area (Å²) >= 11 is 6.00. The quantitative estimate of drug-likeness (QED) is 0.728. The fourth-order valence-corrected chi connectivity index (χ4v) is 2.70. The molecule has 1 aromatic heterocycles. The molecule has 0 aliphatic carbocycles. The number of H-pyrrole nitrogens is 1. The van der Waals surface area contributed by atoms with E-state index in [1.807, 2.05) is 12.1 Å². The number of nitrogens with one attached hydrogen (secondary N) is 2. The molecule has 1 heterocycles. The van der Waals surface area contributed by atoms with Crippen molar-refractivity contribution in [2.45, 2.75) is 52.6 Å². The van der Waals surface area contributed by atoms with Crippen LogP contribution < -0.4 is 5.32 Å². The van der Waals surface area contributed by atoms with Crippen molar-refractivity contribution in [2.75, 3.05) is 0 Å². The molecular weight excluding hydrogens is 268 g/mol. The smallest absolute Gasteiger partial charge is 0.0472 e. The Labute approximate surface area is 126 Å². The highest BCUT2D eigenvalue weighted by molar-refractivity contribution is 6.31. The predicted molar refractivity (Wildman–Crippen MR) is 88.3 cm³/mol. The second-order valence-corrected chi connectivity index (χ2v) is 6.55. The van der Waals surface area contributed by atoms with E-state index in [0.29, 0.717) is 6.04 Å². The van der Waals surface area contributed by atoms with Crippen molar-refractivity contribution in [3.8, 4) is 0 Å². The monoisotopic (exact) mass is 292 g/mol. The Hall–Kier alpha value is -0.990. The number of rotatable bonds is 7. The van der Waals surface area contributed by atoms with Gasteiger partial charge in [0, 0.05) is 34.7 Å². The summed E-state index contributed by atoms with van der Waals surface area (Å²) in [5, 5.41) is 5.65. The molecule has 0 aliphatic heterocycles. The Morgan fingerprint density at radius 2 is 2.00 bits per heavy atom. The van der Waals surface area contributed by atoms with Gasteiger partial charge in [0.15, 0.2) is 0 Å². The second kappa shape index (κ2) is 7.14. The van der Waals surface area contributed by atoms with Crippen LogP contribution in [0.15, 0.2) is 24.4 Å². The number of hydrogen-bond donors (Lipinski definition) is 2. The van der Waals surface area contributed by atoms with Crippen LogP contribution in [0.4, 0.5) is 0 Å². The minimum Gasteiger partial charge on any atom is -0.361 e. The van der Waals surface area contributed by atoms with E-state index in [2.05, 4.69) is 43.3 Å². The molecule has 1 unspecified atom stereocenters. The van der Waals surface area contributed by atoms with Gasteiger partial charge in [-0.3, -0.25) is 0 Å². The van der Waals surface area contributed by atoms with Crippen molar-refractivity contribution in [1.82, 2.24) is 10.3 Å². The summed E-state index contributed by atoms with van der Waals surface area (Å²) in [5.74, 6) is 0.806. The fraction of sp³-hybridized carbons (Fsp3) is 0.529. The number of aromatic nitrogens is 1. The molecule has 0 saturated heterocycles. The Bertz CT molecular complexity index is 545. The van der Waals surface area contributed by atoms with Crippen LogP contribution in [0.1, 0.15) is 45.6 Å². The Balaban J connectivity index is 1.86. The van der Waals surface area contributed by atoms with Crippen LogP contribution in [0.2, 0.25) is 5.02 Å². The SMILES string of the molecule is CC(C)CCCC(C)NCc1c[nH]c2cc(Cl)ccc12. The van der Waals surface area contributed by atoms with Crippen LogP contribution in [0.3, 0.4) is 0 Å². The van der Waals surface area contributed by atoms with Crippen molar-refractivity contribution >= 4 is 22.5 Å². The van der Waals surface area contributed by atoms with Crippen LogP contribution in [-0.2, 0) is 6.54 Å². The van der Waals surface area contributed by atoms with Gasteiger partial charge in [-0.1, -0.05) is 44.4 Å². The van der Waals surface area contributed by atoms with Gasteiger partial charge in [0.05, 0.1) is 0 Å². The summed E-state index contributed by atoms with van der Waals surface area (Å²) in [6.45, 7) is 7.75. The lowest BCUT2D eigenvalue weighted by molar-refractivity contribution is 0.457. The first-order valence-electron chi connectivity index (χ1n) is 7.55. The molecule has 1 atom stereocenters. The first-order chi connectivity index (χ1) is 9.56. The summed E-state index contributed by atoms with van der Waals surface area (Å²) in [6, 6.07) is 6.58. The lowest BCUT2D eigenvalue weighted by Crippen LogP contribution is -2.25. The molecule has 0 saturated carbocycles. The zero-order valence-corrected chi connectivity index (χ0v) is 13.4. The minimum absolute atomic E-state index is 0.561. The standard InChI is InChI=1S/C17H25ClN2/c1-12(2)5-4-6-13(3)19-10-14-11-20-17-9-15(18)7-8-16(14)17/h7-9,11-13,19-20H,4-6,10H2,1-3H3. The van der Waals surface area contributed by atoms with Crippen LogP contribution in [0.25, 0.3) is 10.9 Å². The minimum atomic E-state index is 0.561. The van der Waals surface area contributed by atoms with Gasteiger partial charge >= 0.3 is 0 Å². The van der Waals surface area contributed by atoms with Crippen LogP contribution in [0.5, 0.6) is 0 Å². The van der Waals surface area contributed by atoms with E-state index in [4.69, 9.17) is 11.6 Å². The maximum Gasteiger partial charge on any atom is 0.0472 e. The number of fused-ring (bicyclic) bond motifs is 1. The largest absolute Gasteiger partial charge is 0.361 e. The maximum absolute atomic E-state index is 6.00. The van der Waals surface area contributed by atoms with E-state index in [1.165, 1.54) is 30.2 Å². The Morgan fingerprint density at radius 3 is 2.75 bits per heavy atom. The molecule has 3 heteroatoms. The van der Waals surface area contributed by atoms with E-state index < -0.39 is 0 Å². The Kier molecular flexibility index (Phi) is 5.50. The summed E-state index contributed by atoms with van der Waals surface area (Å²) in [7, 11) is 0. The normalized spacial score (nSPS) is 13.2. The molecule has 2 N–H and O–H groups in total. The van der Waals surface area contributed by atoms with Gasteiger partial charge < -0.3 is 10.3 Å². The lowest BCUT2D eigenvalue weighted by Gasteiger charge is -2.14. The molecule has 1 aromatic carbocycles. The van der Waals surface area contributed by atoms with Gasteiger partial charge in [0.25, 0.3) is 0 Å². The molecule has 0 radical (unpaired) electrons. The third-order valence-electron chi connectivity index (χ3n) is 3.79. The lowest BCUT2D eigenvalue weighted by atomic mass is 10.0. The van der Waals surface area contributed by atoms with Crippen molar-refractivity contribution < 1.29 is 0 Å². The molecule has 0 spiro atoms. The van der Waals surface area contributed by atoms with E-state index >= 15 is 0 Å². The average molecular weight is 293 g/mol. The van der Waals surface area contributed by atoms with Gasteiger partial charge in [-0.2, -0.15) is 0 Å². The number of aromatic amines is 1. The molecule has 20 heavy (non-hydrogen) atoms. The van der Waals surface area contributed by atoms with Gasteiger partial charge in [0.2, 0.25) is 0 Å². The topological polar surface area (TPSA) is 27.8 Å². The third kappa shape index (κ3) is 4.26. The maximum atomic E-state index is 6.00. The van der Waals surface area contributed by atoms with Crippen LogP contribution >= 0.6 is 11.6 Å². The van der Waals surface area contributed by atoms with Crippen molar-refractivity contribution in [3.63, 3.8) is 0 Å². The fourth-order valence-electron chi connectivity index (χ4n) is 2.52. The molecule has 0 aliphatic rings. The molecule has 0 bridgehead atoms. The number of halogens is 1. The van der Waals surface area contributed by atoms with E-state index in [9.17, 15) is 0 Å². The van der Waals surface area contributed by atoms with Gasteiger partial charge in [-0.15, -0.1) is 0 Å². The summed E-state index contributed by atoms with van der Waals surface area (Å²) in [6.07, 6.45) is 5.94. The highest BCUT2D eigenvalue weighted by Gasteiger charge is 2.06. The van der Waals surface area contributed by atoms with E-state index in [1.54, 1.807) is 0 Å². The summed E-state index contributed by atoms with van der Waals surface area (Å²) in [4.78, 5) is 3.29. The van der Waals surface area contributed by atoms with Crippen LogP contribution in [0, 0.1) is 5.92 Å². The highest BCUT2D eigenvalue weighted by Crippen LogP contribution is 2.22. The molecule has 0 amide bonds. The van der Waals surface area contributed by atoms with E-state index in [-0.39, 0.29) is 0 Å². The Morgan fingerprint density at radius 1 is 1.20 bits per heavy atom. The zero-order valence-electron chi connectivity index (χ0n) is 12.7. The van der Waals surface area contributed by atoms with Crippen molar-refractivity contribution in [3.05, 3.63) is 35.0 Å². The molecule has 0 fully saturated rings. The first-order valence-corrected chi connectivity index (χ1v) is 7.93. The zero-order chi connectivity index (χ0) is 14.5. The third-order valence-corrected chi connectivity index (χ3v) is 4.02. The van der Waals surface area contributed by atoms with Gasteiger partial charge in [-0.05, 0) is 37.0 Å². The first kappa shape index (κ1) is 15.4. The van der Waals surface area contributed by atoms with Gasteiger partial charge in [0.1, 0.15) is 0 Å². The molecule has 2 aromatic rings. The molecular formula is C17H25ClN2. The van der Waals surface area contributed by atoms with Crippen molar-refractivity contribution in [2.24, 2.45) is 5.92 Å². The van der Waals surface area contributed by atoms with E-state index in [0.717, 1.165) is 23.0 Å². The highest BCUT2D eigenvalue weighted by atomic mass is 35.5. The molecule has 110 valence electrons. The predicted octanol–water partition coefficient (Wildman–Crippen LogP) is 5.13. The second-order valence-electron chi connectivity index (χ2n) is 6.11. The number of hydrogen-bond acceptors (Lipinski definition) is 1. The molecule has 2 nitrogen and oxygen atoms in total. The van der Waals surface area contributed by atoms with Gasteiger partial charge in [-0.25, -0.2) is 0 Å². The summed E-state index contributed by atoms with van der Waals surface area (Å²) in [5.41, 5.74) is 2.43.